The van der Waals surface area contributed by atoms with E-state index in [0.717, 1.165) is 11.1 Å². The molecule has 19 heavy (non-hydrogen) atoms. The summed E-state index contributed by atoms with van der Waals surface area (Å²) >= 11 is 5.87. The zero-order valence-electron chi connectivity index (χ0n) is 10.5. The first kappa shape index (κ1) is 13.6. The van der Waals surface area contributed by atoms with Gasteiger partial charge in [0.1, 0.15) is 0 Å². The minimum absolute atomic E-state index is 0.244. The Bertz CT molecular complexity index is 554. The molecule has 0 N–H and O–H groups in total. The van der Waals surface area contributed by atoms with Gasteiger partial charge in [-0.2, -0.15) is 0 Å². The number of rotatable bonds is 4. The topological polar surface area (TPSA) is 43.1 Å². The Kier molecular flexibility index (Phi) is 4.17. The Balaban J connectivity index is 2.45. The second kappa shape index (κ2) is 5.85. The van der Waals surface area contributed by atoms with Gasteiger partial charge in [0, 0.05) is 16.9 Å². The molecule has 0 spiro atoms. The molecular formula is C15H14ClNO2. The van der Waals surface area contributed by atoms with Crippen LogP contribution in [0.5, 0.6) is 0 Å². The molecule has 3 nitrogen and oxygen atoms in total. The fraction of sp³-hybridized carbons (Fsp3) is 0.200. The highest BCUT2D eigenvalue weighted by Crippen LogP contribution is 2.30. The van der Waals surface area contributed by atoms with Crippen molar-refractivity contribution in [3.63, 3.8) is 0 Å². The zero-order valence-corrected chi connectivity index (χ0v) is 11.2. The molecule has 0 unspecified atom stereocenters. The van der Waals surface area contributed by atoms with Crippen LogP contribution in [0.25, 0.3) is 0 Å². The lowest BCUT2D eigenvalue weighted by Crippen LogP contribution is -2.25. The second-order valence-corrected chi connectivity index (χ2v) is 4.90. The van der Waals surface area contributed by atoms with Crippen molar-refractivity contribution in [1.82, 2.24) is 0 Å². The average molecular weight is 276 g/mol. The molecule has 0 fully saturated rings. The van der Waals surface area contributed by atoms with Gasteiger partial charge in [-0.05, 0) is 23.3 Å². The lowest BCUT2D eigenvalue weighted by molar-refractivity contribution is -0.520. The fourth-order valence-corrected chi connectivity index (χ4v) is 2.33. The van der Waals surface area contributed by atoms with Crippen molar-refractivity contribution >= 4 is 11.6 Å². The van der Waals surface area contributed by atoms with E-state index in [1.165, 1.54) is 0 Å². The van der Waals surface area contributed by atoms with Crippen molar-refractivity contribution in [2.24, 2.45) is 0 Å². The summed E-state index contributed by atoms with van der Waals surface area (Å²) < 4.78 is 0. The van der Waals surface area contributed by atoms with E-state index >= 15 is 0 Å². The summed E-state index contributed by atoms with van der Waals surface area (Å²) in [5.41, 5.74) is 1.84. The second-order valence-electron chi connectivity index (χ2n) is 4.47. The third-order valence-electron chi connectivity index (χ3n) is 3.20. The molecule has 0 radical (unpaired) electrons. The minimum atomic E-state index is -0.691. The Hall–Kier alpha value is -1.87. The standard InChI is InChI=1S/C15H14ClNO2/c1-11(17(18)19)15(12-5-3-2-4-6-12)13-7-9-14(16)10-8-13/h2-11,15H,1H3/t11-,15-/m1/s1. The van der Waals surface area contributed by atoms with E-state index in [1.807, 2.05) is 42.5 Å². The summed E-state index contributed by atoms with van der Waals surface area (Å²) in [6.07, 6.45) is 0. The SMILES string of the molecule is C[C@H]([C@H](c1ccccc1)c1ccc(Cl)cc1)[N+](=O)[O-]. The molecule has 0 saturated heterocycles. The van der Waals surface area contributed by atoms with E-state index < -0.39 is 6.04 Å². The summed E-state index contributed by atoms with van der Waals surface area (Å²) in [5.74, 6) is -0.270. The third kappa shape index (κ3) is 3.12. The van der Waals surface area contributed by atoms with Crippen LogP contribution in [0, 0.1) is 10.1 Å². The molecule has 2 rings (SSSR count). The third-order valence-corrected chi connectivity index (χ3v) is 3.45. The number of benzene rings is 2. The smallest absolute Gasteiger partial charge is 0.221 e. The first-order chi connectivity index (χ1) is 9.09. The highest BCUT2D eigenvalue weighted by molar-refractivity contribution is 6.30. The van der Waals surface area contributed by atoms with E-state index in [2.05, 4.69) is 0 Å². The number of nitro groups is 1. The Morgan fingerprint density at radius 2 is 1.53 bits per heavy atom. The fourth-order valence-electron chi connectivity index (χ4n) is 2.20. The molecule has 0 amide bonds. The minimum Gasteiger partial charge on any atom is -0.264 e. The molecule has 2 atom stereocenters. The summed E-state index contributed by atoms with van der Waals surface area (Å²) in [6, 6.07) is 16.1. The van der Waals surface area contributed by atoms with Crippen molar-refractivity contribution in [2.45, 2.75) is 18.9 Å². The molecule has 0 aliphatic heterocycles. The van der Waals surface area contributed by atoms with Gasteiger partial charge in [0.15, 0.2) is 0 Å². The molecular weight excluding hydrogens is 262 g/mol. The van der Waals surface area contributed by atoms with Crippen LogP contribution < -0.4 is 0 Å². The van der Waals surface area contributed by atoms with Crippen LogP contribution in [0.2, 0.25) is 5.02 Å². The molecule has 98 valence electrons. The van der Waals surface area contributed by atoms with E-state index in [1.54, 1.807) is 19.1 Å². The summed E-state index contributed by atoms with van der Waals surface area (Å²) in [5, 5.41) is 11.8. The maximum atomic E-state index is 11.1. The van der Waals surface area contributed by atoms with Gasteiger partial charge >= 0.3 is 0 Å². The highest BCUT2D eigenvalue weighted by Gasteiger charge is 2.29. The molecule has 0 bridgehead atoms. The summed E-state index contributed by atoms with van der Waals surface area (Å²) in [6.45, 7) is 1.63. The van der Waals surface area contributed by atoms with Crippen LogP contribution >= 0.6 is 11.6 Å². The van der Waals surface area contributed by atoms with Gasteiger partial charge in [-0.1, -0.05) is 54.1 Å². The molecule has 2 aromatic rings. The van der Waals surface area contributed by atoms with Crippen LogP contribution in [0.1, 0.15) is 24.0 Å². The van der Waals surface area contributed by atoms with Crippen molar-refractivity contribution in [3.8, 4) is 0 Å². The average Bonchev–Trinajstić information content (AvgIpc) is 2.42. The Morgan fingerprint density at radius 3 is 2.05 bits per heavy atom. The van der Waals surface area contributed by atoms with Gasteiger partial charge < -0.3 is 0 Å². The zero-order chi connectivity index (χ0) is 13.8. The molecule has 0 aliphatic carbocycles. The van der Waals surface area contributed by atoms with Crippen molar-refractivity contribution in [3.05, 3.63) is 80.9 Å². The Labute approximate surface area is 117 Å². The van der Waals surface area contributed by atoms with Crippen LogP contribution in [0.15, 0.2) is 54.6 Å². The molecule has 4 heteroatoms. The lowest BCUT2D eigenvalue weighted by Gasteiger charge is -2.19. The van der Waals surface area contributed by atoms with Gasteiger partial charge in [-0.3, -0.25) is 10.1 Å². The normalized spacial score (nSPS) is 13.8. The van der Waals surface area contributed by atoms with Gasteiger partial charge in [0.25, 0.3) is 0 Å². The van der Waals surface area contributed by atoms with E-state index in [-0.39, 0.29) is 10.8 Å². The van der Waals surface area contributed by atoms with Gasteiger partial charge in [0.2, 0.25) is 6.04 Å². The van der Waals surface area contributed by atoms with E-state index in [9.17, 15) is 10.1 Å². The quantitative estimate of drug-likeness (QED) is 0.622. The predicted molar refractivity (Wildman–Crippen MR) is 76.2 cm³/mol. The van der Waals surface area contributed by atoms with Crippen LogP contribution in [-0.4, -0.2) is 11.0 Å². The van der Waals surface area contributed by atoms with Crippen LogP contribution in [0.4, 0.5) is 0 Å². The molecule has 0 heterocycles. The highest BCUT2D eigenvalue weighted by atomic mass is 35.5. The number of halogens is 1. The van der Waals surface area contributed by atoms with Gasteiger partial charge in [-0.25, -0.2) is 0 Å². The Morgan fingerprint density at radius 1 is 1.00 bits per heavy atom. The van der Waals surface area contributed by atoms with Crippen LogP contribution in [-0.2, 0) is 0 Å². The van der Waals surface area contributed by atoms with Gasteiger partial charge in [0.05, 0.1) is 5.92 Å². The monoisotopic (exact) mass is 275 g/mol. The molecule has 0 aromatic heterocycles. The van der Waals surface area contributed by atoms with E-state index in [4.69, 9.17) is 11.6 Å². The summed E-state index contributed by atoms with van der Waals surface area (Å²) in [4.78, 5) is 10.9. The molecule has 2 aromatic carbocycles. The van der Waals surface area contributed by atoms with Crippen molar-refractivity contribution < 1.29 is 4.92 Å². The maximum absolute atomic E-state index is 11.1. The molecule has 0 saturated carbocycles. The first-order valence-corrected chi connectivity index (χ1v) is 6.41. The lowest BCUT2D eigenvalue weighted by atomic mass is 9.86. The van der Waals surface area contributed by atoms with Crippen molar-refractivity contribution in [2.75, 3.05) is 0 Å². The number of hydrogen-bond acceptors (Lipinski definition) is 2. The molecule has 0 aliphatic rings. The van der Waals surface area contributed by atoms with Crippen molar-refractivity contribution in [1.29, 1.82) is 0 Å². The van der Waals surface area contributed by atoms with Gasteiger partial charge in [-0.15, -0.1) is 0 Å². The predicted octanol–water partition coefficient (Wildman–Crippen LogP) is 4.14. The van der Waals surface area contributed by atoms with E-state index in [0.29, 0.717) is 5.02 Å². The largest absolute Gasteiger partial charge is 0.264 e. The first-order valence-electron chi connectivity index (χ1n) is 6.03. The maximum Gasteiger partial charge on any atom is 0.221 e. The number of hydrogen-bond donors (Lipinski definition) is 0. The van der Waals surface area contributed by atoms with Crippen LogP contribution in [0.3, 0.4) is 0 Å². The number of nitrogens with zero attached hydrogens (tertiary/aromatic N) is 1. The summed E-state index contributed by atoms with van der Waals surface area (Å²) in [7, 11) is 0.